The van der Waals surface area contributed by atoms with Crippen LogP contribution >= 0.6 is 0 Å². The number of methoxy groups -OCH3 is 1. The van der Waals surface area contributed by atoms with Gasteiger partial charge in [-0.05, 0) is 42.7 Å². The fourth-order valence-electron chi connectivity index (χ4n) is 4.81. The maximum atomic E-state index is 13.2. The second-order valence-corrected chi connectivity index (χ2v) is 8.40. The van der Waals surface area contributed by atoms with Crippen LogP contribution in [0.15, 0.2) is 59.9 Å². The zero-order chi connectivity index (χ0) is 22.9. The number of nitrogens with one attached hydrogen (secondary N) is 1. The number of carbonyl (C=O) groups excluding carboxylic acids is 2. The first-order valence-electron chi connectivity index (χ1n) is 10.8. The second kappa shape index (κ2) is 8.50. The van der Waals surface area contributed by atoms with Gasteiger partial charge in [0.2, 0.25) is 0 Å². The predicted octanol–water partition coefficient (Wildman–Crippen LogP) is 2.16. The van der Waals surface area contributed by atoms with Gasteiger partial charge in [-0.25, -0.2) is 9.97 Å². The highest BCUT2D eigenvalue weighted by Gasteiger charge is 2.38. The number of hydrogen-bond acceptors (Lipinski definition) is 6. The number of benzene rings is 1. The molecule has 168 valence electrons. The Morgan fingerprint density at radius 1 is 1.00 bits per heavy atom. The molecule has 2 aliphatic rings. The van der Waals surface area contributed by atoms with E-state index in [1.165, 1.54) is 24.8 Å². The van der Waals surface area contributed by atoms with E-state index in [4.69, 9.17) is 4.74 Å². The number of pyridine rings is 1. The number of hydrogen-bond donors (Lipinski definition) is 1. The quantitative estimate of drug-likeness (QED) is 0.660. The van der Waals surface area contributed by atoms with Crippen molar-refractivity contribution in [1.29, 1.82) is 0 Å². The first-order valence-corrected chi connectivity index (χ1v) is 10.8. The molecule has 1 aromatic carbocycles. The summed E-state index contributed by atoms with van der Waals surface area (Å²) >= 11 is 0. The van der Waals surface area contributed by atoms with Crippen molar-refractivity contribution in [2.24, 2.45) is 5.92 Å². The monoisotopic (exact) mass is 445 g/mol. The summed E-state index contributed by atoms with van der Waals surface area (Å²) in [4.78, 5) is 48.2. The van der Waals surface area contributed by atoms with E-state index < -0.39 is 0 Å². The Morgan fingerprint density at radius 2 is 1.76 bits per heavy atom. The Labute approximate surface area is 190 Å². The molecule has 2 bridgehead atoms. The summed E-state index contributed by atoms with van der Waals surface area (Å²) in [6.45, 7) is 1.57. The van der Waals surface area contributed by atoms with Crippen LogP contribution in [0.5, 0.6) is 5.75 Å². The second-order valence-electron chi connectivity index (χ2n) is 8.40. The lowest BCUT2D eigenvalue weighted by Gasteiger charge is -2.43. The van der Waals surface area contributed by atoms with Crippen molar-refractivity contribution in [2.75, 3.05) is 25.5 Å². The van der Waals surface area contributed by atoms with Gasteiger partial charge in [0.05, 0.1) is 18.4 Å². The van der Waals surface area contributed by atoms with E-state index >= 15 is 0 Å². The van der Waals surface area contributed by atoms with E-state index in [9.17, 15) is 14.4 Å². The molecule has 1 fully saturated rings. The Balaban J connectivity index is 1.43. The summed E-state index contributed by atoms with van der Waals surface area (Å²) < 4.78 is 6.92. The molecule has 9 nitrogen and oxygen atoms in total. The van der Waals surface area contributed by atoms with Crippen molar-refractivity contribution in [1.82, 2.24) is 19.4 Å². The number of carbonyl (C=O) groups is 2. The average Bonchev–Trinajstić information content (AvgIpc) is 2.85. The molecular formula is C24H23N5O4. The number of anilines is 1. The van der Waals surface area contributed by atoms with Gasteiger partial charge in [-0.2, -0.15) is 0 Å². The molecule has 4 heterocycles. The van der Waals surface area contributed by atoms with E-state index in [1.807, 2.05) is 4.90 Å². The SMILES string of the molecule is COc1ccc(C(=O)N2CC3CC(C2)c2c(NC(=O)c4cncnc4)ccc(=O)n2C3)cc1. The Morgan fingerprint density at radius 3 is 2.48 bits per heavy atom. The highest BCUT2D eigenvalue weighted by atomic mass is 16.5. The first-order chi connectivity index (χ1) is 16.0. The van der Waals surface area contributed by atoms with Gasteiger partial charge in [0, 0.05) is 55.3 Å². The van der Waals surface area contributed by atoms with Crippen molar-refractivity contribution >= 4 is 17.5 Å². The van der Waals surface area contributed by atoms with Crippen LogP contribution in [0.4, 0.5) is 5.69 Å². The van der Waals surface area contributed by atoms with Crippen LogP contribution < -0.4 is 15.6 Å². The van der Waals surface area contributed by atoms with Gasteiger partial charge in [-0.1, -0.05) is 0 Å². The van der Waals surface area contributed by atoms with Crippen molar-refractivity contribution in [3.8, 4) is 5.75 Å². The van der Waals surface area contributed by atoms with E-state index in [0.29, 0.717) is 42.2 Å². The van der Waals surface area contributed by atoms with Gasteiger partial charge in [0.1, 0.15) is 12.1 Å². The third-order valence-electron chi connectivity index (χ3n) is 6.29. The average molecular weight is 445 g/mol. The largest absolute Gasteiger partial charge is 0.497 e. The smallest absolute Gasteiger partial charge is 0.258 e. The molecular weight excluding hydrogens is 422 g/mol. The number of aromatic nitrogens is 3. The molecule has 0 aliphatic carbocycles. The van der Waals surface area contributed by atoms with Gasteiger partial charge in [0.15, 0.2) is 0 Å². The molecule has 2 atom stereocenters. The number of rotatable bonds is 4. The van der Waals surface area contributed by atoms with Crippen LogP contribution in [0.1, 0.15) is 38.7 Å². The van der Waals surface area contributed by atoms with Crippen LogP contribution in [0.3, 0.4) is 0 Å². The zero-order valence-corrected chi connectivity index (χ0v) is 18.1. The molecule has 9 heteroatoms. The molecule has 2 aliphatic heterocycles. The van der Waals surface area contributed by atoms with E-state index in [1.54, 1.807) is 42.0 Å². The maximum absolute atomic E-state index is 13.2. The summed E-state index contributed by atoms with van der Waals surface area (Å²) in [6.07, 6.45) is 5.09. The van der Waals surface area contributed by atoms with Gasteiger partial charge in [-0.15, -0.1) is 0 Å². The minimum atomic E-state index is -0.346. The van der Waals surface area contributed by atoms with Crippen LogP contribution in [0, 0.1) is 5.92 Å². The van der Waals surface area contributed by atoms with Crippen LogP contribution in [-0.2, 0) is 6.54 Å². The lowest BCUT2D eigenvalue weighted by atomic mass is 9.82. The van der Waals surface area contributed by atoms with Gasteiger partial charge in [0.25, 0.3) is 17.4 Å². The molecule has 0 spiro atoms. The van der Waals surface area contributed by atoms with Crippen molar-refractivity contribution in [2.45, 2.75) is 18.9 Å². The molecule has 2 aromatic heterocycles. The van der Waals surface area contributed by atoms with Crippen molar-refractivity contribution in [3.63, 3.8) is 0 Å². The number of amides is 2. The zero-order valence-electron chi connectivity index (χ0n) is 18.1. The number of likely N-dealkylation sites (tertiary alicyclic amines) is 1. The minimum absolute atomic E-state index is 0.0499. The van der Waals surface area contributed by atoms with Crippen LogP contribution in [0.25, 0.3) is 0 Å². The minimum Gasteiger partial charge on any atom is -0.497 e. The molecule has 1 N–H and O–H groups in total. The topological polar surface area (TPSA) is 106 Å². The number of nitrogens with zero attached hydrogens (tertiary/aromatic N) is 4. The molecule has 2 amide bonds. The van der Waals surface area contributed by atoms with Crippen molar-refractivity contribution < 1.29 is 14.3 Å². The predicted molar refractivity (Wildman–Crippen MR) is 120 cm³/mol. The number of ether oxygens (including phenoxy) is 1. The van der Waals surface area contributed by atoms with Crippen LogP contribution in [-0.4, -0.2) is 51.4 Å². The summed E-state index contributed by atoms with van der Waals surface area (Å²) in [5, 5.41) is 2.91. The lowest BCUT2D eigenvalue weighted by molar-refractivity contribution is 0.0595. The van der Waals surface area contributed by atoms with Gasteiger partial charge < -0.3 is 19.5 Å². The Bertz CT molecular complexity index is 1260. The molecule has 3 aromatic rings. The summed E-state index contributed by atoms with van der Waals surface area (Å²) in [5.74, 6) is 0.410. The normalized spacial score (nSPS) is 18.9. The standard InChI is InChI=1S/C24H23N5O4/c1-33-19-4-2-16(3-5-19)24(32)28-11-15-8-17(13-28)22-20(6-7-21(30)29(22)12-15)27-23(31)18-9-25-14-26-10-18/h2-7,9-10,14-15,17H,8,11-13H2,1H3,(H,27,31). The van der Waals surface area contributed by atoms with Crippen LogP contribution in [0.2, 0.25) is 0 Å². The van der Waals surface area contributed by atoms with Gasteiger partial charge >= 0.3 is 0 Å². The highest BCUT2D eigenvalue weighted by molar-refractivity contribution is 6.04. The molecule has 1 saturated heterocycles. The van der Waals surface area contributed by atoms with Crippen molar-refractivity contribution in [3.05, 3.63) is 82.3 Å². The van der Waals surface area contributed by atoms with E-state index in [2.05, 4.69) is 15.3 Å². The fraction of sp³-hybridized carbons (Fsp3) is 0.292. The highest BCUT2D eigenvalue weighted by Crippen LogP contribution is 2.39. The number of fused-ring (bicyclic) bond motifs is 4. The molecule has 2 unspecified atom stereocenters. The summed E-state index contributed by atoms with van der Waals surface area (Å²) in [6, 6.07) is 10.2. The maximum Gasteiger partial charge on any atom is 0.258 e. The Hall–Kier alpha value is -4.01. The summed E-state index contributed by atoms with van der Waals surface area (Å²) in [5.41, 5.74) is 2.16. The van der Waals surface area contributed by atoms with E-state index in [-0.39, 0.29) is 29.2 Å². The molecule has 33 heavy (non-hydrogen) atoms. The van der Waals surface area contributed by atoms with E-state index in [0.717, 1.165) is 12.1 Å². The number of piperidine rings is 1. The fourth-order valence-corrected chi connectivity index (χ4v) is 4.81. The Kier molecular flexibility index (Phi) is 5.37. The molecule has 5 rings (SSSR count). The lowest BCUT2D eigenvalue weighted by Crippen LogP contribution is -2.49. The third-order valence-corrected chi connectivity index (χ3v) is 6.29. The molecule has 0 radical (unpaired) electrons. The first kappa shape index (κ1) is 20.9. The molecule has 0 saturated carbocycles. The summed E-state index contributed by atoms with van der Waals surface area (Å²) in [7, 11) is 1.59. The third kappa shape index (κ3) is 3.97. The van der Waals surface area contributed by atoms with Gasteiger partial charge in [-0.3, -0.25) is 14.4 Å².